The van der Waals surface area contributed by atoms with Gasteiger partial charge in [-0.25, -0.2) is 0 Å². The van der Waals surface area contributed by atoms with Gasteiger partial charge in [0.05, 0.1) is 0 Å². The van der Waals surface area contributed by atoms with Gasteiger partial charge < -0.3 is 10.1 Å². The molecule has 0 aliphatic carbocycles. The van der Waals surface area contributed by atoms with E-state index in [0.29, 0.717) is 17.3 Å². The molecule has 0 aliphatic rings. The van der Waals surface area contributed by atoms with Crippen molar-refractivity contribution in [3.8, 4) is 5.75 Å². The Labute approximate surface area is 123 Å². The van der Waals surface area contributed by atoms with Crippen molar-refractivity contribution in [1.82, 2.24) is 5.32 Å². The van der Waals surface area contributed by atoms with Crippen molar-refractivity contribution in [1.29, 1.82) is 0 Å². The average Bonchev–Trinajstić information content (AvgIpc) is 2.46. The van der Waals surface area contributed by atoms with Crippen molar-refractivity contribution in [3.63, 3.8) is 0 Å². The number of ether oxygens (including phenoxy) is 1. The third kappa shape index (κ3) is 4.28. The number of hydrogen-bond donors (Lipinski definition) is 1. The minimum atomic E-state index is -0.545. The SMILES string of the molecule is C[C@H](Oc1ccccc1)C(=O)NCc1cccc(Cl)c1. The van der Waals surface area contributed by atoms with E-state index in [1.165, 1.54) is 0 Å². The number of nitrogens with one attached hydrogen (secondary N) is 1. The van der Waals surface area contributed by atoms with Crippen LogP contribution in [0.15, 0.2) is 54.6 Å². The smallest absolute Gasteiger partial charge is 0.261 e. The van der Waals surface area contributed by atoms with Crippen LogP contribution in [0.25, 0.3) is 0 Å². The van der Waals surface area contributed by atoms with Crippen LogP contribution in [0.4, 0.5) is 0 Å². The summed E-state index contributed by atoms with van der Waals surface area (Å²) in [4.78, 5) is 11.9. The lowest BCUT2D eigenvalue weighted by atomic mass is 10.2. The van der Waals surface area contributed by atoms with E-state index in [9.17, 15) is 4.79 Å². The zero-order chi connectivity index (χ0) is 14.4. The van der Waals surface area contributed by atoms with Crippen molar-refractivity contribution in [2.75, 3.05) is 0 Å². The number of halogens is 1. The Hall–Kier alpha value is -2.00. The lowest BCUT2D eigenvalue weighted by Crippen LogP contribution is -2.35. The molecule has 1 atom stereocenters. The highest BCUT2D eigenvalue weighted by Crippen LogP contribution is 2.12. The zero-order valence-corrected chi connectivity index (χ0v) is 11.9. The van der Waals surface area contributed by atoms with E-state index in [0.717, 1.165) is 5.56 Å². The monoisotopic (exact) mass is 289 g/mol. The van der Waals surface area contributed by atoms with Crippen molar-refractivity contribution in [2.45, 2.75) is 19.6 Å². The molecular weight excluding hydrogens is 274 g/mol. The molecule has 0 saturated carbocycles. The van der Waals surface area contributed by atoms with E-state index in [2.05, 4.69) is 5.32 Å². The summed E-state index contributed by atoms with van der Waals surface area (Å²) in [6, 6.07) is 16.7. The molecule has 1 amide bonds. The van der Waals surface area contributed by atoms with Crippen LogP contribution in [0.5, 0.6) is 5.75 Å². The summed E-state index contributed by atoms with van der Waals surface area (Å²) in [5.74, 6) is 0.520. The van der Waals surface area contributed by atoms with Crippen LogP contribution >= 0.6 is 11.6 Å². The molecule has 104 valence electrons. The molecule has 1 N–H and O–H groups in total. The number of hydrogen-bond acceptors (Lipinski definition) is 2. The van der Waals surface area contributed by atoms with Gasteiger partial charge in [0.25, 0.3) is 5.91 Å². The maximum Gasteiger partial charge on any atom is 0.261 e. The first-order chi connectivity index (χ1) is 9.65. The molecule has 0 fully saturated rings. The maximum atomic E-state index is 11.9. The van der Waals surface area contributed by atoms with E-state index in [1.807, 2.05) is 48.5 Å². The van der Waals surface area contributed by atoms with Crippen LogP contribution in [0, 0.1) is 0 Å². The first-order valence-electron chi connectivity index (χ1n) is 6.39. The van der Waals surface area contributed by atoms with E-state index in [4.69, 9.17) is 16.3 Å². The fourth-order valence-electron chi connectivity index (χ4n) is 1.74. The number of para-hydroxylation sites is 1. The van der Waals surface area contributed by atoms with Gasteiger partial charge in [0.1, 0.15) is 5.75 Å². The van der Waals surface area contributed by atoms with Crippen molar-refractivity contribution >= 4 is 17.5 Å². The van der Waals surface area contributed by atoms with Gasteiger partial charge in [-0.1, -0.05) is 41.9 Å². The second-order valence-electron chi connectivity index (χ2n) is 4.42. The van der Waals surface area contributed by atoms with Crippen molar-refractivity contribution < 1.29 is 9.53 Å². The fourth-order valence-corrected chi connectivity index (χ4v) is 1.95. The van der Waals surface area contributed by atoms with Crippen LogP contribution in [-0.2, 0) is 11.3 Å². The molecular formula is C16H16ClNO2. The number of benzene rings is 2. The Kier molecular flexibility index (Phi) is 5.02. The van der Waals surface area contributed by atoms with Gasteiger partial charge >= 0.3 is 0 Å². The summed E-state index contributed by atoms with van der Waals surface area (Å²) in [5, 5.41) is 3.48. The van der Waals surface area contributed by atoms with E-state index >= 15 is 0 Å². The number of carbonyl (C=O) groups excluding carboxylic acids is 1. The molecule has 0 aliphatic heterocycles. The predicted molar refractivity (Wildman–Crippen MR) is 79.8 cm³/mol. The average molecular weight is 290 g/mol. The van der Waals surface area contributed by atoms with Gasteiger partial charge in [0.2, 0.25) is 0 Å². The first kappa shape index (κ1) is 14.4. The number of carbonyl (C=O) groups is 1. The van der Waals surface area contributed by atoms with Gasteiger partial charge in [-0.2, -0.15) is 0 Å². The summed E-state index contributed by atoms with van der Waals surface area (Å²) in [5.41, 5.74) is 0.956. The molecule has 2 aromatic carbocycles. The minimum Gasteiger partial charge on any atom is -0.481 e. The molecule has 0 bridgehead atoms. The standard InChI is InChI=1S/C16H16ClNO2/c1-12(20-15-8-3-2-4-9-15)16(19)18-11-13-6-5-7-14(17)10-13/h2-10,12H,11H2,1H3,(H,18,19)/t12-/m0/s1. The van der Waals surface area contributed by atoms with Crippen LogP contribution in [0.3, 0.4) is 0 Å². The number of rotatable bonds is 5. The van der Waals surface area contributed by atoms with E-state index in [-0.39, 0.29) is 5.91 Å². The van der Waals surface area contributed by atoms with Crippen LogP contribution < -0.4 is 10.1 Å². The Morgan fingerprint density at radius 3 is 2.65 bits per heavy atom. The number of amides is 1. The Morgan fingerprint density at radius 2 is 1.95 bits per heavy atom. The zero-order valence-electron chi connectivity index (χ0n) is 11.2. The molecule has 3 nitrogen and oxygen atoms in total. The molecule has 0 radical (unpaired) electrons. The molecule has 0 saturated heterocycles. The van der Waals surface area contributed by atoms with Crippen LogP contribution in [0.2, 0.25) is 5.02 Å². The summed E-state index contributed by atoms with van der Waals surface area (Å²) in [6.07, 6.45) is -0.545. The lowest BCUT2D eigenvalue weighted by Gasteiger charge is -2.14. The summed E-state index contributed by atoms with van der Waals surface area (Å²) >= 11 is 5.89. The largest absolute Gasteiger partial charge is 0.481 e. The highest BCUT2D eigenvalue weighted by molar-refractivity contribution is 6.30. The van der Waals surface area contributed by atoms with Gasteiger partial charge in [-0.3, -0.25) is 4.79 Å². The quantitative estimate of drug-likeness (QED) is 0.916. The summed E-state index contributed by atoms with van der Waals surface area (Å²) < 4.78 is 5.55. The third-order valence-corrected chi connectivity index (χ3v) is 3.02. The highest BCUT2D eigenvalue weighted by atomic mass is 35.5. The van der Waals surface area contributed by atoms with Crippen LogP contribution in [0.1, 0.15) is 12.5 Å². The molecule has 0 aromatic heterocycles. The van der Waals surface area contributed by atoms with Gasteiger partial charge in [0.15, 0.2) is 6.10 Å². The lowest BCUT2D eigenvalue weighted by molar-refractivity contribution is -0.127. The Morgan fingerprint density at radius 1 is 1.20 bits per heavy atom. The molecule has 0 heterocycles. The normalized spacial score (nSPS) is 11.7. The van der Waals surface area contributed by atoms with E-state index in [1.54, 1.807) is 13.0 Å². The second kappa shape index (κ2) is 6.96. The second-order valence-corrected chi connectivity index (χ2v) is 4.86. The van der Waals surface area contributed by atoms with Gasteiger partial charge in [0, 0.05) is 11.6 Å². The van der Waals surface area contributed by atoms with E-state index < -0.39 is 6.10 Å². The molecule has 0 spiro atoms. The van der Waals surface area contributed by atoms with Gasteiger partial charge in [-0.05, 0) is 36.8 Å². The molecule has 20 heavy (non-hydrogen) atoms. The topological polar surface area (TPSA) is 38.3 Å². The Balaban J connectivity index is 1.85. The van der Waals surface area contributed by atoms with Gasteiger partial charge in [-0.15, -0.1) is 0 Å². The highest BCUT2D eigenvalue weighted by Gasteiger charge is 2.13. The third-order valence-electron chi connectivity index (χ3n) is 2.78. The predicted octanol–water partition coefficient (Wildman–Crippen LogP) is 3.42. The summed E-state index contributed by atoms with van der Waals surface area (Å²) in [6.45, 7) is 2.15. The van der Waals surface area contributed by atoms with Crippen LogP contribution in [-0.4, -0.2) is 12.0 Å². The first-order valence-corrected chi connectivity index (χ1v) is 6.77. The molecule has 0 unspecified atom stereocenters. The minimum absolute atomic E-state index is 0.158. The maximum absolute atomic E-state index is 11.9. The molecule has 2 aromatic rings. The molecule has 4 heteroatoms. The van der Waals surface area contributed by atoms with Crippen molar-refractivity contribution in [3.05, 3.63) is 65.2 Å². The summed E-state index contributed by atoms with van der Waals surface area (Å²) in [7, 11) is 0. The fraction of sp³-hybridized carbons (Fsp3) is 0.188. The molecule has 2 rings (SSSR count). The Bertz CT molecular complexity index is 572. The van der Waals surface area contributed by atoms with Crippen molar-refractivity contribution in [2.24, 2.45) is 0 Å².